The highest BCUT2D eigenvalue weighted by Crippen LogP contribution is 2.33. The molecule has 3 heterocycles. The van der Waals surface area contributed by atoms with Crippen molar-refractivity contribution in [3.05, 3.63) is 41.2 Å². The zero-order valence-corrected chi connectivity index (χ0v) is 17.1. The van der Waals surface area contributed by atoms with E-state index in [9.17, 15) is 13.2 Å². The molecule has 150 valence electrons. The first-order valence-electron chi connectivity index (χ1n) is 9.29. The number of ether oxygens (including phenoxy) is 2. The van der Waals surface area contributed by atoms with Crippen LogP contribution in [-0.4, -0.2) is 49.2 Å². The maximum atomic E-state index is 12.9. The van der Waals surface area contributed by atoms with Crippen molar-refractivity contribution in [1.29, 1.82) is 0 Å². The molecule has 4 rings (SSSR count). The fraction of sp³-hybridized carbons (Fsp3) is 0.450. The number of sulfone groups is 1. The second-order valence-corrected chi connectivity index (χ2v) is 9.99. The molecule has 0 saturated carbocycles. The summed E-state index contributed by atoms with van der Waals surface area (Å²) in [6.07, 6.45) is 0.433. The predicted octanol–water partition coefficient (Wildman–Crippen LogP) is 2.17. The Hall–Kier alpha value is -2.48. The minimum atomic E-state index is -3.09. The van der Waals surface area contributed by atoms with E-state index in [1.807, 2.05) is 42.7 Å². The molecule has 2 aliphatic heterocycles. The van der Waals surface area contributed by atoms with E-state index in [-0.39, 0.29) is 17.4 Å². The van der Waals surface area contributed by atoms with Crippen molar-refractivity contribution in [2.24, 2.45) is 0 Å². The summed E-state index contributed by atoms with van der Waals surface area (Å²) in [6.45, 7) is 6.65. The zero-order chi connectivity index (χ0) is 20.1. The molecule has 1 amide bonds. The number of hydrogen-bond acceptors (Lipinski definition) is 5. The highest BCUT2D eigenvalue weighted by Gasteiger charge is 2.40. The lowest BCUT2D eigenvalue weighted by Crippen LogP contribution is -2.47. The molecular weight excluding hydrogens is 380 g/mol. The summed E-state index contributed by atoms with van der Waals surface area (Å²) >= 11 is 0. The van der Waals surface area contributed by atoms with Gasteiger partial charge < -0.3 is 19.4 Å². The number of benzene rings is 1. The third-order valence-corrected chi connectivity index (χ3v) is 7.28. The van der Waals surface area contributed by atoms with Crippen molar-refractivity contribution in [1.82, 2.24) is 9.88 Å². The highest BCUT2D eigenvalue weighted by atomic mass is 32.2. The van der Waals surface area contributed by atoms with Gasteiger partial charge in [-0.15, -0.1) is 0 Å². The van der Waals surface area contributed by atoms with Crippen LogP contribution in [0.5, 0.6) is 11.5 Å². The molecule has 2 aliphatic rings. The average Bonchev–Trinajstić information content (AvgIpc) is 3.09. The number of aromatic nitrogens is 1. The molecule has 0 spiro atoms. The highest BCUT2D eigenvalue weighted by molar-refractivity contribution is 7.91. The number of nitrogens with one attached hydrogen (secondary N) is 1. The molecule has 0 radical (unpaired) electrons. The molecule has 1 aromatic heterocycles. The summed E-state index contributed by atoms with van der Waals surface area (Å²) in [5.41, 5.74) is 2.39. The van der Waals surface area contributed by atoms with Crippen LogP contribution in [0.1, 0.15) is 35.1 Å². The normalized spacial score (nSPS) is 22.8. The number of hydrogen-bond donors (Lipinski definition) is 1. The van der Waals surface area contributed by atoms with E-state index >= 15 is 0 Å². The molecule has 1 atom stereocenters. The van der Waals surface area contributed by atoms with Crippen molar-refractivity contribution < 1.29 is 22.7 Å². The van der Waals surface area contributed by atoms with Crippen molar-refractivity contribution in [2.75, 3.05) is 24.7 Å². The van der Waals surface area contributed by atoms with E-state index < -0.39 is 15.4 Å². The molecule has 2 aromatic rings. The molecule has 1 N–H and O–H groups in total. The maximum absolute atomic E-state index is 12.9. The SMILES string of the molecule is Cc1cc(C(=O)NC2(C)CCS(=O)(=O)C2)c(C)n1-c1ccc2c(c1)OCCO2. The summed E-state index contributed by atoms with van der Waals surface area (Å²) in [7, 11) is -3.09. The van der Waals surface area contributed by atoms with Crippen molar-refractivity contribution >= 4 is 15.7 Å². The van der Waals surface area contributed by atoms with E-state index in [0.717, 1.165) is 17.1 Å². The molecular formula is C20H24N2O5S. The first-order valence-corrected chi connectivity index (χ1v) is 11.1. The molecule has 1 aromatic carbocycles. The van der Waals surface area contributed by atoms with Crippen LogP contribution in [0.15, 0.2) is 24.3 Å². The first-order chi connectivity index (χ1) is 13.2. The number of amides is 1. The van der Waals surface area contributed by atoms with Crippen LogP contribution < -0.4 is 14.8 Å². The lowest BCUT2D eigenvalue weighted by atomic mass is 10.0. The molecule has 0 aliphatic carbocycles. The second-order valence-electron chi connectivity index (χ2n) is 7.80. The Kier molecular flexibility index (Phi) is 4.41. The Balaban J connectivity index is 1.64. The van der Waals surface area contributed by atoms with Gasteiger partial charge in [0.05, 0.1) is 22.6 Å². The number of nitrogens with zero attached hydrogens (tertiary/aromatic N) is 1. The van der Waals surface area contributed by atoms with Gasteiger partial charge in [-0.1, -0.05) is 0 Å². The number of carbonyl (C=O) groups excluding carboxylic acids is 1. The van der Waals surface area contributed by atoms with Crippen molar-refractivity contribution in [3.8, 4) is 17.2 Å². The van der Waals surface area contributed by atoms with Crippen LogP contribution in [0.2, 0.25) is 0 Å². The van der Waals surface area contributed by atoms with Gasteiger partial charge in [-0.3, -0.25) is 4.79 Å². The molecule has 0 bridgehead atoms. The van der Waals surface area contributed by atoms with Gasteiger partial charge in [0.15, 0.2) is 21.3 Å². The third-order valence-electron chi connectivity index (χ3n) is 5.38. The minimum absolute atomic E-state index is 0.0212. The van der Waals surface area contributed by atoms with E-state index in [4.69, 9.17) is 9.47 Å². The summed E-state index contributed by atoms with van der Waals surface area (Å²) in [5.74, 6) is 1.24. The fourth-order valence-electron chi connectivity index (χ4n) is 4.01. The number of aryl methyl sites for hydroxylation is 1. The number of carbonyl (C=O) groups is 1. The van der Waals surface area contributed by atoms with Crippen LogP contribution in [0.3, 0.4) is 0 Å². The van der Waals surface area contributed by atoms with Crippen LogP contribution in [0, 0.1) is 13.8 Å². The number of rotatable bonds is 3. The van der Waals surface area contributed by atoms with E-state index in [1.54, 1.807) is 6.92 Å². The van der Waals surface area contributed by atoms with E-state index in [0.29, 0.717) is 36.7 Å². The molecule has 28 heavy (non-hydrogen) atoms. The Morgan fingerprint density at radius 2 is 1.86 bits per heavy atom. The van der Waals surface area contributed by atoms with Gasteiger partial charge in [-0.2, -0.15) is 0 Å². The molecule has 8 heteroatoms. The summed E-state index contributed by atoms with van der Waals surface area (Å²) in [5, 5.41) is 2.93. The lowest BCUT2D eigenvalue weighted by Gasteiger charge is -2.24. The van der Waals surface area contributed by atoms with Gasteiger partial charge in [0.25, 0.3) is 5.91 Å². The van der Waals surface area contributed by atoms with Crippen LogP contribution >= 0.6 is 0 Å². The van der Waals surface area contributed by atoms with Gasteiger partial charge in [0, 0.05) is 23.1 Å². The van der Waals surface area contributed by atoms with Crippen LogP contribution in [-0.2, 0) is 9.84 Å². The summed E-state index contributed by atoms with van der Waals surface area (Å²) < 4.78 is 36.9. The van der Waals surface area contributed by atoms with Crippen molar-refractivity contribution in [2.45, 2.75) is 32.7 Å². The van der Waals surface area contributed by atoms with Gasteiger partial charge in [0.2, 0.25) is 0 Å². The standard InChI is InChI=1S/C20H24N2O5S/c1-13-10-16(19(23)21-20(3)6-9-28(24,25)12-20)14(2)22(13)15-4-5-17-18(11-15)27-8-7-26-17/h4-5,10-11H,6-9,12H2,1-3H3,(H,21,23). The van der Waals surface area contributed by atoms with Gasteiger partial charge in [-0.05, 0) is 45.4 Å². The minimum Gasteiger partial charge on any atom is -0.486 e. The molecule has 1 unspecified atom stereocenters. The van der Waals surface area contributed by atoms with Gasteiger partial charge in [-0.25, -0.2) is 8.42 Å². The Morgan fingerprint density at radius 3 is 2.54 bits per heavy atom. The number of fused-ring (bicyclic) bond motifs is 1. The average molecular weight is 404 g/mol. The lowest BCUT2D eigenvalue weighted by molar-refractivity contribution is 0.0915. The monoisotopic (exact) mass is 404 g/mol. The summed E-state index contributed by atoms with van der Waals surface area (Å²) in [4.78, 5) is 12.9. The largest absolute Gasteiger partial charge is 0.486 e. The Labute approximate surface area is 164 Å². The topological polar surface area (TPSA) is 86.6 Å². The smallest absolute Gasteiger partial charge is 0.253 e. The molecule has 1 fully saturated rings. The fourth-order valence-corrected chi connectivity index (χ4v) is 6.10. The maximum Gasteiger partial charge on any atom is 0.253 e. The molecule has 7 nitrogen and oxygen atoms in total. The zero-order valence-electron chi connectivity index (χ0n) is 16.2. The molecule has 1 saturated heterocycles. The quantitative estimate of drug-likeness (QED) is 0.847. The third kappa shape index (κ3) is 3.37. The van der Waals surface area contributed by atoms with Crippen molar-refractivity contribution in [3.63, 3.8) is 0 Å². The van der Waals surface area contributed by atoms with E-state index in [1.165, 1.54) is 0 Å². The first kappa shape index (κ1) is 18.9. The van der Waals surface area contributed by atoms with E-state index in [2.05, 4.69) is 5.32 Å². The van der Waals surface area contributed by atoms with Crippen LogP contribution in [0.25, 0.3) is 5.69 Å². The second kappa shape index (κ2) is 6.55. The summed E-state index contributed by atoms with van der Waals surface area (Å²) in [6, 6.07) is 7.53. The van der Waals surface area contributed by atoms with Gasteiger partial charge >= 0.3 is 0 Å². The predicted molar refractivity (Wildman–Crippen MR) is 105 cm³/mol. The van der Waals surface area contributed by atoms with Crippen LogP contribution in [0.4, 0.5) is 0 Å². The Morgan fingerprint density at radius 1 is 1.14 bits per heavy atom. The Bertz CT molecular complexity index is 1060. The van der Waals surface area contributed by atoms with Gasteiger partial charge in [0.1, 0.15) is 13.2 Å².